The fraction of sp³-hybridized carbons (Fsp3) is 0.136. The maximum Gasteiger partial charge on any atom is 0.0823 e. The van der Waals surface area contributed by atoms with Gasteiger partial charge in [0.1, 0.15) is 0 Å². The van der Waals surface area contributed by atoms with Crippen molar-refractivity contribution in [2.45, 2.75) is 19.9 Å². The molecule has 0 aliphatic carbocycles. The molecule has 4 aromatic rings. The standard InChI is InChI=1S/C22H19BrN2/c1-2-15-25-20-13-7-3-9-16(20)22(17-10-4-8-14-21(17)25)24-19-12-6-5-11-18(19)23/h3-14H,2,15H2,1H3. The number of hydrogen-bond donors (Lipinski definition) is 0. The molecule has 3 aromatic carbocycles. The van der Waals surface area contributed by atoms with Crippen LogP contribution < -0.4 is 5.36 Å². The fourth-order valence-electron chi connectivity index (χ4n) is 3.34. The molecule has 124 valence electrons. The Morgan fingerprint density at radius 1 is 0.800 bits per heavy atom. The molecule has 0 spiro atoms. The number of aryl methyl sites for hydroxylation is 1. The summed E-state index contributed by atoms with van der Waals surface area (Å²) in [6.45, 7) is 3.21. The molecule has 0 aliphatic rings. The highest BCUT2D eigenvalue weighted by atomic mass is 79.9. The van der Waals surface area contributed by atoms with E-state index in [0.717, 1.165) is 28.5 Å². The van der Waals surface area contributed by atoms with Gasteiger partial charge in [0, 0.05) is 21.8 Å². The molecule has 0 saturated heterocycles. The van der Waals surface area contributed by atoms with E-state index in [1.54, 1.807) is 0 Å². The Balaban J connectivity index is 2.20. The number of aromatic nitrogens is 1. The predicted octanol–water partition coefficient (Wildman–Crippen LogP) is 6.20. The minimum absolute atomic E-state index is 0.950. The highest BCUT2D eigenvalue weighted by molar-refractivity contribution is 9.10. The Labute approximate surface area is 155 Å². The summed E-state index contributed by atoms with van der Waals surface area (Å²) in [6.07, 6.45) is 1.10. The summed E-state index contributed by atoms with van der Waals surface area (Å²) in [5.41, 5.74) is 3.41. The minimum atomic E-state index is 0.950. The van der Waals surface area contributed by atoms with Crippen LogP contribution in [0.5, 0.6) is 0 Å². The maximum atomic E-state index is 5.04. The van der Waals surface area contributed by atoms with Crippen LogP contribution in [-0.4, -0.2) is 4.57 Å². The lowest BCUT2D eigenvalue weighted by Crippen LogP contribution is -2.12. The number of hydrogen-bond acceptors (Lipinski definition) is 1. The van der Waals surface area contributed by atoms with Crippen LogP contribution in [-0.2, 0) is 6.54 Å². The van der Waals surface area contributed by atoms with Gasteiger partial charge in [0.15, 0.2) is 0 Å². The highest BCUT2D eigenvalue weighted by Crippen LogP contribution is 2.26. The van der Waals surface area contributed by atoms with Gasteiger partial charge < -0.3 is 4.57 Å². The molecule has 0 saturated carbocycles. The average Bonchev–Trinajstić information content (AvgIpc) is 2.66. The first-order chi connectivity index (χ1) is 12.3. The van der Waals surface area contributed by atoms with Crippen molar-refractivity contribution in [3.05, 3.63) is 82.6 Å². The smallest absolute Gasteiger partial charge is 0.0823 e. The molecule has 1 aromatic heterocycles. The molecule has 1 heterocycles. The van der Waals surface area contributed by atoms with Crippen molar-refractivity contribution in [3.8, 4) is 0 Å². The summed E-state index contributed by atoms with van der Waals surface area (Å²) in [5.74, 6) is 0. The molecule has 3 heteroatoms. The Morgan fingerprint density at radius 2 is 1.36 bits per heavy atom. The Bertz CT molecular complexity index is 1070. The lowest BCUT2D eigenvalue weighted by molar-refractivity contribution is 0.720. The number of nitrogens with zero attached hydrogens (tertiary/aromatic N) is 2. The third-order valence-electron chi connectivity index (χ3n) is 4.43. The maximum absolute atomic E-state index is 5.04. The SMILES string of the molecule is CCCn1c2ccccc2c(=Nc2ccccc2Br)c2ccccc21. The van der Waals surface area contributed by atoms with Crippen LogP contribution in [0, 0.1) is 0 Å². The van der Waals surface area contributed by atoms with E-state index in [1.165, 1.54) is 21.8 Å². The Kier molecular flexibility index (Phi) is 4.41. The van der Waals surface area contributed by atoms with Crippen molar-refractivity contribution < 1.29 is 0 Å². The van der Waals surface area contributed by atoms with Crippen molar-refractivity contribution in [1.29, 1.82) is 0 Å². The molecule has 0 N–H and O–H groups in total. The zero-order chi connectivity index (χ0) is 17.2. The van der Waals surface area contributed by atoms with Gasteiger partial charge in [-0.2, -0.15) is 0 Å². The van der Waals surface area contributed by atoms with Crippen LogP contribution in [0.3, 0.4) is 0 Å². The third-order valence-corrected chi connectivity index (χ3v) is 5.10. The third kappa shape index (κ3) is 2.89. The summed E-state index contributed by atoms with van der Waals surface area (Å²) >= 11 is 3.62. The second-order valence-electron chi connectivity index (χ2n) is 6.10. The predicted molar refractivity (Wildman–Crippen MR) is 109 cm³/mol. The normalized spacial score (nSPS) is 11.1. The van der Waals surface area contributed by atoms with E-state index in [0.29, 0.717) is 0 Å². The number of benzene rings is 3. The number of rotatable bonds is 3. The van der Waals surface area contributed by atoms with Gasteiger partial charge in [0.05, 0.1) is 22.1 Å². The van der Waals surface area contributed by atoms with E-state index in [4.69, 9.17) is 4.99 Å². The van der Waals surface area contributed by atoms with E-state index in [1.807, 2.05) is 24.3 Å². The van der Waals surface area contributed by atoms with E-state index in [9.17, 15) is 0 Å². The van der Waals surface area contributed by atoms with E-state index in [-0.39, 0.29) is 0 Å². The summed E-state index contributed by atoms with van der Waals surface area (Å²) in [4.78, 5) is 5.04. The zero-order valence-corrected chi connectivity index (χ0v) is 15.7. The Morgan fingerprint density at radius 3 is 1.96 bits per heavy atom. The number of fused-ring (bicyclic) bond motifs is 2. The number of para-hydroxylation sites is 3. The molecule has 0 radical (unpaired) electrons. The van der Waals surface area contributed by atoms with Crippen molar-refractivity contribution in [1.82, 2.24) is 4.57 Å². The van der Waals surface area contributed by atoms with Gasteiger partial charge in [-0.25, -0.2) is 4.99 Å². The van der Waals surface area contributed by atoms with Crippen molar-refractivity contribution in [2.75, 3.05) is 0 Å². The molecule has 25 heavy (non-hydrogen) atoms. The molecule has 0 fully saturated rings. The highest BCUT2D eigenvalue weighted by Gasteiger charge is 2.09. The average molecular weight is 391 g/mol. The summed E-state index contributed by atoms with van der Waals surface area (Å²) in [6, 6.07) is 25.2. The van der Waals surface area contributed by atoms with Gasteiger partial charge in [-0.15, -0.1) is 0 Å². The second-order valence-corrected chi connectivity index (χ2v) is 6.95. The van der Waals surface area contributed by atoms with Crippen LogP contribution in [0.1, 0.15) is 13.3 Å². The second kappa shape index (κ2) is 6.85. The molecule has 0 aliphatic heterocycles. The van der Waals surface area contributed by atoms with E-state index >= 15 is 0 Å². The van der Waals surface area contributed by atoms with Gasteiger partial charge in [-0.05, 0) is 46.6 Å². The lowest BCUT2D eigenvalue weighted by atomic mass is 10.1. The first kappa shape index (κ1) is 16.1. The van der Waals surface area contributed by atoms with Crippen LogP contribution in [0.15, 0.2) is 82.3 Å². The molecule has 0 amide bonds. The van der Waals surface area contributed by atoms with Crippen molar-refractivity contribution in [2.24, 2.45) is 4.99 Å². The molecule has 0 atom stereocenters. The summed E-state index contributed by atoms with van der Waals surface area (Å²) < 4.78 is 3.41. The van der Waals surface area contributed by atoms with Gasteiger partial charge in [0.2, 0.25) is 0 Å². The molecular weight excluding hydrogens is 372 g/mol. The van der Waals surface area contributed by atoms with Gasteiger partial charge >= 0.3 is 0 Å². The lowest BCUT2D eigenvalue weighted by Gasteiger charge is -2.15. The largest absolute Gasteiger partial charge is 0.340 e. The van der Waals surface area contributed by atoms with Crippen molar-refractivity contribution in [3.63, 3.8) is 0 Å². The van der Waals surface area contributed by atoms with Crippen molar-refractivity contribution >= 4 is 43.4 Å². The summed E-state index contributed by atoms with van der Waals surface area (Å²) in [5, 5.41) is 3.40. The zero-order valence-electron chi connectivity index (χ0n) is 14.1. The quantitative estimate of drug-likeness (QED) is 0.370. The molecule has 0 bridgehead atoms. The van der Waals surface area contributed by atoms with Crippen LogP contribution in [0.4, 0.5) is 5.69 Å². The number of pyridine rings is 1. The van der Waals surface area contributed by atoms with Crippen LogP contribution >= 0.6 is 15.9 Å². The number of halogens is 1. The van der Waals surface area contributed by atoms with E-state index in [2.05, 4.69) is 76.0 Å². The Hall–Kier alpha value is -2.39. The van der Waals surface area contributed by atoms with Crippen LogP contribution in [0.2, 0.25) is 0 Å². The first-order valence-corrected chi connectivity index (χ1v) is 9.38. The van der Waals surface area contributed by atoms with Gasteiger partial charge in [-0.3, -0.25) is 0 Å². The summed E-state index contributed by atoms with van der Waals surface area (Å²) in [7, 11) is 0. The molecular formula is C22H19BrN2. The molecule has 2 nitrogen and oxygen atoms in total. The van der Waals surface area contributed by atoms with Gasteiger partial charge in [-0.1, -0.05) is 55.5 Å². The molecule has 4 rings (SSSR count). The monoisotopic (exact) mass is 390 g/mol. The minimum Gasteiger partial charge on any atom is -0.340 e. The molecule has 0 unspecified atom stereocenters. The van der Waals surface area contributed by atoms with Gasteiger partial charge in [0.25, 0.3) is 0 Å². The first-order valence-electron chi connectivity index (χ1n) is 8.59. The fourth-order valence-corrected chi connectivity index (χ4v) is 3.71. The van der Waals surface area contributed by atoms with Crippen LogP contribution in [0.25, 0.3) is 21.8 Å². The topological polar surface area (TPSA) is 17.3 Å². The van der Waals surface area contributed by atoms with E-state index < -0.39 is 0 Å².